The van der Waals surface area contributed by atoms with Crippen LogP contribution in [0, 0.1) is 5.92 Å². The number of fused-ring (bicyclic) bond motifs is 2. The fraction of sp³-hybridized carbons (Fsp3) is 0.824. The van der Waals surface area contributed by atoms with E-state index >= 15 is 0 Å². The maximum atomic E-state index is 12.5. The van der Waals surface area contributed by atoms with Crippen LogP contribution in [0.4, 0.5) is 9.59 Å². The van der Waals surface area contributed by atoms with Gasteiger partial charge in [0, 0.05) is 0 Å². The van der Waals surface area contributed by atoms with Gasteiger partial charge in [-0.1, -0.05) is 0 Å². The molecule has 2 bridgehead atoms. The molecule has 0 spiro atoms. The molecule has 4 atom stereocenters. The number of carboxylic acids is 1. The number of likely N-dealkylation sites (tertiary alicyclic amines) is 1. The molecular weight excluding hydrogens is 328 g/mol. The maximum Gasteiger partial charge on any atom is 0.411 e. The van der Waals surface area contributed by atoms with Crippen molar-refractivity contribution in [2.24, 2.45) is 5.92 Å². The van der Waals surface area contributed by atoms with Gasteiger partial charge in [-0.15, -0.1) is 0 Å². The summed E-state index contributed by atoms with van der Waals surface area (Å²) in [5.41, 5.74) is -1.35. The van der Waals surface area contributed by atoms with Gasteiger partial charge in [0.25, 0.3) is 0 Å². The van der Waals surface area contributed by atoms with Gasteiger partial charge in [0.15, 0.2) is 0 Å². The SMILES string of the molecule is CC(C)(C)OC(=O)N[C@@H]1C[C@@H]2C[C@H]1N(C(=O)OC(C)(C)C)[C@@H]2C(=O)O. The van der Waals surface area contributed by atoms with Crippen LogP contribution in [0.2, 0.25) is 0 Å². The van der Waals surface area contributed by atoms with Crippen LogP contribution in [0.1, 0.15) is 54.4 Å². The third-order valence-corrected chi connectivity index (χ3v) is 4.23. The van der Waals surface area contributed by atoms with E-state index in [4.69, 9.17) is 9.47 Å². The molecule has 2 fully saturated rings. The number of carbonyl (C=O) groups excluding carboxylic acids is 2. The summed E-state index contributed by atoms with van der Waals surface area (Å²) in [5.74, 6) is -1.26. The number of hydrogen-bond acceptors (Lipinski definition) is 5. The van der Waals surface area contributed by atoms with Crippen LogP contribution in [0.15, 0.2) is 0 Å². The molecule has 2 N–H and O–H groups in total. The molecule has 0 unspecified atom stereocenters. The Morgan fingerprint density at radius 1 is 1.00 bits per heavy atom. The quantitative estimate of drug-likeness (QED) is 0.787. The van der Waals surface area contributed by atoms with Gasteiger partial charge in [-0.05, 0) is 60.3 Å². The van der Waals surface area contributed by atoms with Crippen molar-refractivity contribution in [2.75, 3.05) is 0 Å². The Hall–Kier alpha value is -1.99. The molecule has 0 aromatic carbocycles. The third-order valence-electron chi connectivity index (χ3n) is 4.23. The standard InChI is InChI=1S/C17H28N2O6/c1-16(2,3)24-14(22)18-10-7-9-8-11(10)19(12(9)13(20)21)15(23)25-17(4,5)6/h9-12H,7-8H2,1-6H3,(H,18,22)(H,20,21)/t9-,10-,11-,12+/m1/s1. The first kappa shape index (κ1) is 19.3. The van der Waals surface area contributed by atoms with E-state index in [1.54, 1.807) is 41.5 Å². The summed E-state index contributed by atoms with van der Waals surface area (Å²) in [5, 5.41) is 12.3. The van der Waals surface area contributed by atoms with Gasteiger partial charge in [0.1, 0.15) is 17.2 Å². The molecule has 0 aromatic heterocycles. The van der Waals surface area contributed by atoms with Crippen molar-refractivity contribution in [3.05, 3.63) is 0 Å². The van der Waals surface area contributed by atoms with Gasteiger partial charge in [0.2, 0.25) is 0 Å². The Kier molecular flexibility index (Phi) is 4.94. The monoisotopic (exact) mass is 356 g/mol. The first-order chi connectivity index (χ1) is 11.3. The van der Waals surface area contributed by atoms with Crippen LogP contribution in [-0.2, 0) is 14.3 Å². The zero-order valence-electron chi connectivity index (χ0n) is 15.7. The molecule has 0 aromatic rings. The summed E-state index contributed by atoms with van der Waals surface area (Å²) < 4.78 is 10.6. The zero-order valence-corrected chi connectivity index (χ0v) is 15.7. The number of ether oxygens (including phenoxy) is 2. The summed E-state index contributed by atoms with van der Waals surface area (Å²) in [6.07, 6.45) is -0.208. The Morgan fingerprint density at radius 2 is 1.56 bits per heavy atom. The van der Waals surface area contributed by atoms with Crippen LogP contribution in [0.25, 0.3) is 0 Å². The molecule has 1 aliphatic heterocycles. The number of carboxylic acid groups (broad SMARTS) is 1. The van der Waals surface area contributed by atoms with Crippen molar-refractivity contribution in [3.8, 4) is 0 Å². The van der Waals surface area contributed by atoms with E-state index in [9.17, 15) is 19.5 Å². The minimum absolute atomic E-state index is 0.213. The molecule has 1 aliphatic carbocycles. The van der Waals surface area contributed by atoms with Crippen molar-refractivity contribution in [1.82, 2.24) is 10.2 Å². The molecule has 2 rings (SSSR count). The first-order valence-electron chi connectivity index (χ1n) is 8.52. The molecule has 2 amide bonds. The fourth-order valence-corrected chi connectivity index (χ4v) is 3.55. The summed E-state index contributed by atoms with van der Waals surface area (Å²) in [6, 6.07) is -1.67. The Bertz CT molecular complexity index is 560. The lowest BCUT2D eigenvalue weighted by atomic mass is 9.97. The van der Waals surface area contributed by atoms with Crippen LogP contribution < -0.4 is 5.32 Å². The second-order valence-corrected chi connectivity index (χ2v) is 8.72. The lowest BCUT2D eigenvalue weighted by Gasteiger charge is -2.38. The molecule has 2 aliphatic rings. The zero-order chi connectivity index (χ0) is 19.2. The molecule has 142 valence electrons. The largest absolute Gasteiger partial charge is 0.480 e. The summed E-state index contributed by atoms with van der Waals surface area (Å²) >= 11 is 0. The topological polar surface area (TPSA) is 105 Å². The predicted octanol–water partition coefficient (Wildman–Crippen LogP) is 2.36. The lowest BCUT2D eigenvalue weighted by Crippen LogP contribution is -2.58. The highest BCUT2D eigenvalue weighted by molar-refractivity contribution is 5.82. The van der Waals surface area contributed by atoms with Crippen LogP contribution in [0.3, 0.4) is 0 Å². The van der Waals surface area contributed by atoms with Crippen molar-refractivity contribution in [2.45, 2.75) is 83.7 Å². The number of alkyl carbamates (subject to hydrolysis) is 1. The van der Waals surface area contributed by atoms with Crippen molar-refractivity contribution in [3.63, 3.8) is 0 Å². The lowest BCUT2D eigenvalue weighted by molar-refractivity contribution is -0.145. The average molecular weight is 356 g/mol. The van der Waals surface area contributed by atoms with E-state index in [2.05, 4.69) is 5.32 Å². The normalized spacial score (nSPS) is 28.6. The summed E-state index contributed by atoms with van der Waals surface area (Å²) in [4.78, 5) is 37.4. The summed E-state index contributed by atoms with van der Waals surface area (Å²) in [6.45, 7) is 10.5. The molecule has 1 saturated carbocycles. The smallest absolute Gasteiger partial charge is 0.411 e. The number of rotatable bonds is 2. The van der Waals surface area contributed by atoms with Gasteiger partial charge in [0.05, 0.1) is 12.1 Å². The second kappa shape index (κ2) is 6.38. The number of hydrogen-bond donors (Lipinski definition) is 2. The van der Waals surface area contributed by atoms with E-state index in [1.807, 2.05) is 0 Å². The fourth-order valence-electron chi connectivity index (χ4n) is 3.55. The number of carbonyl (C=O) groups is 3. The number of piperidine rings is 1. The average Bonchev–Trinajstić information content (AvgIpc) is 2.90. The third kappa shape index (κ3) is 4.55. The minimum Gasteiger partial charge on any atom is -0.480 e. The molecule has 25 heavy (non-hydrogen) atoms. The molecule has 1 heterocycles. The Balaban J connectivity index is 2.13. The van der Waals surface area contributed by atoms with Crippen LogP contribution in [0.5, 0.6) is 0 Å². The highest BCUT2D eigenvalue weighted by Crippen LogP contribution is 2.43. The van der Waals surface area contributed by atoms with E-state index in [1.165, 1.54) is 4.90 Å². The molecule has 1 saturated heterocycles. The Labute approximate surface area is 147 Å². The van der Waals surface area contributed by atoms with Crippen molar-refractivity contribution >= 4 is 18.2 Å². The van der Waals surface area contributed by atoms with Gasteiger partial charge >= 0.3 is 18.2 Å². The number of nitrogens with zero attached hydrogens (tertiary/aromatic N) is 1. The van der Waals surface area contributed by atoms with Gasteiger partial charge < -0.3 is 19.9 Å². The Morgan fingerprint density at radius 3 is 2.04 bits per heavy atom. The number of aliphatic carboxylic acids is 1. The van der Waals surface area contributed by atoms with Crippen LogP contribution >= 0.6 is 0 Å². The molecular formula is C17H28N2O6. The van der Waals surface area contributed by atoms with Crippen molar-refractivity contribution < 1.29 is 29.0 Å². The van der Waals surface area contributed by atoms with Crippen LogP contribution in [-0.4, -0.2) is 57.5 Å². The van der Waals surface area contributed by atoms with E-state index in [-0.39, 0.29) is 12.0 Å². The highest BCUT2D eigenvalue weighted by atomic mass is 16.6. The molecule has 0 radical (unpaired) electrons. The van der Waals surface area contributed by atoms with E-state index in [0.29, 0.717) is 12.8 Å². The van der Waals surface area contributed by atoms with Gasteiger partial charge in [-0.3, -0.25) is 4.90 Å². The van der Waals surface area contributed by atoms with E-state index in [0.717, 1.165) is 0 Å². The number of amides is 2. The molecule has 8 nitrogen and oxygen atoms in total. The van der Waals surface area contributed by atoms with Gasteiger partial charge in [-0.25, -0.2) is 14.4 Å². The maximum absolute atomic E-state index is 12.5. The van der Waals surface area contributed by atoms with E-state index < -0.39 is 41.4 Å². The minimum atomic E-state index is -1.05. The predicted molar refractivity (Wildman–Crippen MR) is 89.2 cm³/mol. The second-order valence-electron chi connectivity index (χ2n) is 8.72. The molecule has 8 heteroatoms. The summed E-state index contributed by atoms with van der Waals surface area (Å²) in [7, 11) is 0. The van der Waals surface area contributed by atoms with Crippen molar-refractivity contribution in [1.29, 1.82) is 0 Å². The first-order valence-corrected chi connectivity index (χ1v) is 8.52. The number of nitrogens with one attached hydrogen (secondary N) is 1. The van der Waals surface area contributed by atoms with Gasteiger partial charge in [-0.2, -0.15) is 0 Å². The highest BCUT2D eigenvalue weighted by Gasteiger charge is 2.57.